The number of hydrogen-bond donors (Lipinski definition) is 1. The highest BCUT2D eigenvalue weighted by molar-refractivity contribution is 6.30. The summed E-state index contributed by atoms with van der Waals surface area (Å²) in [6.45, 7) is 2.42. The summed E-state index contributed by atoms with van der Waals surface area (Å²) in [5, 5.41) is 3.33. The van der Waals surface area contributed by atoms with E-state index in [0.29, 0.717) is 23.0 Å². The van der Waals surface area contributed by atoms with Crippen LogP contribution in [0, 0.1) is 0 Å². The molecule has 18 heavy (non-hydrogen) atoms. The van der Waals surface area contributed by atoms with Crippen LogP contribution in [0.4, 0.5) is 0 Å². The first-order valence-electron chi connectivity index (χ1n) is 5.57. The molecule has 92 valence electrons. The number of benzene rings is 1. The Balaban J connectivity index is 2.35. The van der Waals surface area contributed by atoms with E-state index in [1.807, 2.05) is 19.1 Å². The maximum atomic E-state index is 11.7. The predicted molar refractivity (Wildman–Crippen MR) is 70.5 cm³/mol. The number of carbonyl (C=O) groups is 1. The number of amides is 1. The fourth-order valence-electron chi connectivity index (χ4n) is 1.54. The zero-order chi connectivity index (χ0) is 13.0. The summed E-state index contributed by atoms with van der Waals surface area (Å²) in [6, 6.07) is 8.96. The van der Waals surface area contributed by atoms with Crippen LogP contribution in [-0.2, 0) is 0 Å². The minimum atomic E-state index is -0.205. The summed E-state index contributed by atoms with van der Waals surface area (Å²) in [6.07, 6.45) is 1.38. The molecule has 0 atom stereocenters. The van der Waals surface area contributed by atoms with Crippen molar-refractivity contribution in [1.82, 2.24) is 15.3 Å². The lowest BCUT2D eigenvalue weighted by Crippen LogP contribution is -2.23. The van der Waals surface area contributed by atoms with Crippen molar-refractivity contribution in [3.63, 3.8) is 0 Å². The molecule has 2 rings (SSSR count). The SMILES string of the molecule is CCNC(=O)c1cc(-c2cccc(Cl)c2)ncn1. The Morgan fingerprint density at radius 3 is 2.89 bits per heavy atom. The molecule has 5 heteroatoms. The molecule has 1 aromatic carbocycles. The lowest BCUT2D eigenvalue weighted by Gasteiger charge is -2.04. The zero-order valence-electron chi connectivity index (χ0n) is 9.85. The highest BCUT2D eigenvalue weighted by Gasteiger charge is 2.08. The quantitative estimate of drug-likeness (QED) is 0.924. The third kappa shape index (κ3) is 2.84. The molecule has 0 radical (unpaired) electrons. The van der Waals surface area contributed by atoms with Crippen molar-refractivity contribution in [1.29, 1.82) is 0 Å². The molecule has 0 bridgehead atoms. The summed E-state index contributed by atoms with van der Waals surface area (Å²) in [7, 11) is 0. The first-order valence-corrected chi connectivity index (χ1v) is 5.94. The largest absolute Gasteiger partial charge is 0.351 e. The molecule has 0 saturated carbocycles. The second kappa shape index (κ2) is 5.60. The molecule has 1 N–H and O–H groups in total. The van der Waals surface area contributed by atoms with E-state index in [2.05, 4.69) is 15.3 Å². The first-order chi connectivity index (χ1) is 8.70. The highest BCUT2D eigenvalue weighted by Crippen LogP contribution is 2.20. The fraction of sp³-hybridized carbons (Fsp3) is 0.154. The van der Waals surface area contributed by atoms with Crippen molar-refractivity contribution in [2.24, 2.45) is 0 Å². The molecule has 1 aromatic heterocycles. The van der Waals surface area contributed by atoms with Crippen molar-refractivity contribution in [2.75, 3.05) is 6.54 Å². The van der Waals surface area contributed by atoms with E-state index in [4.69, 9.17) is 11.6 Å². The van der Waals surface area contributed by atoms with Gasteiger partial charge in [0.2, 0.25) is 0 Å². The van der Waals surface area contributed by atoms with Gasteiger partial charge in [-0.1, -0.05) is 23.7 Å². The van der Waals surface area contributed by atoms with Gasteiger partial charge in [-0.05, 0) is 25.1 Å². The molecule has 0 fully saturated rings. The topological polar surface area (TPSA) is 54.9 Å². The van der Waals surface area contributed by atoms with Gasteiger partial charge in [-0.15, -0.1) is 0 Å². The second-order valence-corrected chi connectivity index (χ2v) is 4.09. The smallest absolute Gasteiger partial charge is 0.270 e. The Morgan fingerprint density at radius 2 is 2.17 bits per heavy atom. The first kappa shape index (κ1) is 12.5. The zero-order valence-corrected chi connectivity index (χ0v) is 10.6. The van der Waals surface area contributed by atoms with Crippen molar-refractivity contribution >= 4 is 17.5 Å². The van der Waals surface area contributed by atoms with Gasteiger partial charge >= 0.3 is 0 Å². The molecule has 0 aliphatic rings. The van der Waals surface area contributed by atoms with Crippen molar-refractivity contribution < 1.29 is 4.79 Å². The third-order valence-electron chi connectivity index (χ3n) is 2.36. The van der Waals surface area contributed by atoms with E-state index in [0.717, 1.165) is 5.56 Å². The molecule has 0 spiro atoms. The van der Waals surface area contributed by atoms with Gasteiger partial charge in [0, 0.05) is 17.1 Å². The van der Waals surface area contributed by atoms with Gasteiger partial charge in [-0.2, -0.15) is 0 Å². The Labute approximate surface area is 110 Å². The third-order valence-corrected chi connectivity index (χ3v) is 2.59. The summed E-state index contributed by atoms with van der Waals surface area (Å²) in [4.78, 5) is 19.8. The number of halogens is 1. The van der Waals surface area contributed by atoms with Crippen molar-refractivity contribution in [2.45, 2.75) is 6.92 Å². The van der Waals surface area contributed by atoms with Gasteiger partial charge in [0.25, 0.3) is 5.91 Å². The van der Waals surface area contributed by atoms with Crippen LogP contribution in [0.2, 0.25) is 5.02 Å². The molecule has 0 aliphatic carbocycles. The number of nitrogens with zero attached hydrogens (tertiary/aromatic N) is 2. The summed E-state index contributed by atoms with van der Waals surface area (Å²) >= 11 is 5.92. The van der Waals surface area contributed by atoms with E-state index in [1.54, 1.807) is 18.2 Å². The number of rotatable bonds is 3. The number of hydrogen-bond acceptors (Lipinski definition) is 3. The molecule has 1 amide bonds. The number of carbonyl (C=O) groups excluding carboxylic acids is 1. The Hall–Kier alpha value is -1.94. The van der Waals surface area contributed by atoms with Gasteiger partial charge < -0.3 is 5.32 Å². The molecular weight excluding hydrogens is 250 g/mol. The molecule has 0 unspecified atom stereocenters. The minimum absolute atomic E-state index is 0.205. The summed E-state index contributed by atoms with van der Waals surface area (Å²) in [5.74, 6) is -0.205. The fourth-order valence-corrected chi connectivity index (χ4v) is 1.73. The van der Waals surface area contributed by atoms with E-state index >= 15 is 0 Å². The lowest BCUT2D eigenvalue weighted by molar-refractivity contribution is 0.0950. The van der Waals surface area contributed by atoms with E-state index < -0.39 is 0 Å². The van der Waals surface area contributed by atoms with Gasteiger partial charge in [0.15, 0.2) is 0 Å². The van der Waals surface area contributed by atoms with Crippen LogP contribution < -0.4 is 5.32 Å². The number of aromatic nitrogens is 2. The average Bonchev–Trinajstić information content (AvgIpc) is 2.39. The Kier molecular flexibility index (Phi) is 3.89. The van der Waals surface area contributed by atoms with E-state index in [-0.39, 0.29) is 5.91 Å². The molecule has 0 saturated heterocycles. The van der Waals surface area contributed by atoms with E-state index in [1.165, 1.54) is 6.33 Å². The molecule has 1 heterocycles. The lowest BCUT2D eigenvalue weighted by atomic mass is 10.1. The maximum absolute atomic E-state index is 11.7. The van der Waals surface area contributed by atoms with Crippen LogP contribution >= 0.6 is 11.6 Å². The summed E-state index contributed by atoms with van der Waals surface area (Å²) < 4.78 is 0. The van der Waals surface area contributed by atoms with Crippen LogP contribution in [0.5, 0.6) is 0 Å². The summed E-state index contributed by atoms with van der Waals surface area (Å²) in [5.41, 5.74) is 1.88. The van der Waals surface area contributed by atoms with Crippen LogP contribution in [0.3, 0.4) is 0 Å². The Morgan fingerprint density at radius 1 is 1.33 bits per heavy atom. The average molecular weight is 262 g/mol. The molecular formula is C13H12ClN3O. The second-order valence-electron chi connectivity index (χ2n) is 3.66. The van der Waals surface area contributed by atoms with Crippen LogP contribution in [-0.4, -0.2) is 22.4 Å². The van der Waals surface area contributed by atoms with Crippen LogP contribution in [0.1, 0.15) is 17.4 Å². The number of nitrogens with one attached hydrogen (secondary N) is 1. The predicted octanol–water partition coefficient (Wildman–Crippen LogP) is 2.55. The van der Waals surface area contributed by atoms with Gasteiger partial charge in [-0.25, -0.2) is 9.97 Å². The van der Waals surface area contributed by atoms with Gasteiger partial charge in [0.05, 0.1) is 5.69 Å². The normalized spacial score (nSPS) is 10.1. The van der Waals surface area contributed by atoms with Crippen molar-refractivity contribution in [3.05, 3.63) is 47.4 Å². The van der Waals surface area contributed by atoms with Crippen LogP contribution in [0.25, 0.3) is 11.3 Å². The maximum Gasteiger partial charge on any atom is 0.270 e. The Bertz CT molecular complexity index is 572. The highest BCUT2D eigenvalue weighted by atomic mass is 35.5. The molecule has 0 aliphatic heterocycles. The molecule has 2 aromatic rings. The minimum Gasteiger partial charge on any atom is -0.351 e. The van der Waals surface area contributed by atoms with Crippen LogP contribution in [0.15, 0.2) is 36.7 Å². The monoisotopic (exact) mass is 261 g/mol. The molecule has 4 nitrogen and oxygen atoms in total. The van der Waals surface area contributed by atoms with E-state index in [9.17, 15) is 4.79 Å². The standard InChI is InChI=1S/C13H12ClN3O/c1-2-15-13(18)12-7-11(16-8-17-12)9-4-3-5-10(14)6-9/h3-8H,2H2,1H3,(H,15,18). The van der Waals surface area contributed by atoms with Gasteiger partial charge in [-0.3, -0.25) is 4.79 Å². The van der Waals surface area contributed by atoms with Gasteiger partial charge in [0.1, 0.15) is 12.0 Å². The van der Waals surface area contributed by atoms with Crippen molar-refractivity contribution in [3.8, 4) is 11.3 Å².